The van der Waals surface area contributed by atoms with Crippen molar-refractivity contribution in [3.05, 3.63) is 64.6 Å². The summed E-state index contributed by atoms with van der Waals surface area (Å²) in [5, 5.41) is 4.48. The number of nitrogens with one attached hydrogen (secondary N) is 1. The molecule has 1 amide bonds. The van der Waals surface area contributed by atoms with Crippen LogP contribution in [0.25, 0.3) is 10.8 Å². The number of nitrogens with zero attached hydrogens (tertiary/aromatic N) is 1. The summed E-state index contributed by atoms with van der Waals surface area (Å²) in [6.07, 6.45) is -1.19. The van der Waals surface area contributed by atoms with E-state index in [1.165, 1.54) is 25.1 Å². The molecule has 160 valence electrons. The van der Waals surface area contributed by atoms with Gasteiger partial charge in [0, 0.05) is 10.4 Å². The molecule has 3 aromatic rings. The van der Waals surface area contributed by atoms with Gasteiger partial charge in [0.25, 0.3) is 15.9 Å². The lowest BCUT2D eigenvalue weighted by Crippen LogP contribution is -2.37. The normalized spacial score (nSPS) is 15.0. The lowest BCUT2D eigenvalue weighted by atomic mass is 10.1. The number of halogens is 2. The third-order valence-electron chi connectivity index (χ3n) is 4.82. The van der Waals surface area contributed by atoms with E-state index in [1.54, 1.807) is 36.4 Å². The zero-order valence-electron chi connectivity index (χ0n) is 16.1. The van der Waals surface area contributed by atoms with Crippen LogP contribution in [0.15, 0.2) is 59.5 Å². The summed E-state index contributed by atoms with van der Waals surface area (Å²) in [6, 6.07) is 14.6. The minimum absolute atomic E-state index is 0.134. The molecular formula is C21H16Cl2N2O5S. The summed E-state index contributed by atoms with van der Waals surface area (Å²) in [6.45, 7) is 0.811. The van der Waals surface area contributed by atoms with Gasteiger partial charge in [-0.15, -0.1) is 0 Å². The molecule has 31 heavy (non-hydrogen) atoms. The first-order valence-electron chi connectivity index (χ1n) is 9.18. The maximum atomic E-state index is 12.9. The van der Waals surface area contributed by atoms with Gasteiger partial charge in [-0.3, -0.25) is 13.9 Å². The van der Waals surface area contributed by atoms with Crippen LogP contribution in [0.5, 0.6) is 0 Å². The van der Waals surface area contributed by atoms with Gasteiger partial charge in [-0.1, -0.05) is 47.5 Å². The van der Waals surface area contributed by atoms with Crippen molar-refractivity contribution in [3.63, 3.8) is 0 Å². The molecule has 1 N–H and O–H groups in total. The van der Waals surface area contributed by atoms with E-state index in [2.05, 4.69) is 5.32 Å². The number of esters is 1. The first-order valence-corrected chi connectivity index (χ1v) is 11.4. The Morgan fingerprint density at radius 3 is 2.55 bits per heavy atom. The molecule has 0 saturated heterocycles. The first kappa shape index (κ1) is 21.4. The van der Waals surface area contributed by atoms with E-state index >= 15 is 0 Å². The Hall–Kier alpha value is -2.81. The van der Waals surface area contributed by atoms with Gasteiger partial charge in [0.15, 0.2) is 6.10 Å². The fourth-order valence-corrected chi connectivity index (χ4v) is 5.35. The average molecular weight is 479 g/mol. The molecule has 0 radical (unpaired) electrons. The lowest BCUT2D eigenvalue weighted by molar-refractivity contribution is -0.151. The lowest BCUT2D eigenvalue weighted by Gasteiger charge is -2.19. The predicted octanol–water partition coefficient (Wildman–Crippen LogP) is 4.23. The maximum absolute atomic E-state index is 12.9. The first-order chi connectivity index (χ1) is 14.7. The van der Waals surface area contributed by atoms with Gasteiger partial charge in [0.2, 0.25) is 0 Å². The van der Waals surface area contributed by atoms with Gasteiger partial charge >= 0.3 is 5.97 Å². The van der Waals surface area contributed by atoms with Crippen molar-refractivity contribution in [1.29, 1.82) is 0 Å². The molecule has 4 rings (SSSR count). The number of ether oxygens (including phenoxy) is 1. The number of anilines is 2. The number of carbonyl (C=O) groups is 2. The molecule has 0 bridgehead atoms. The van der Waals surface area contributed by atoms with Crippen molar-refractivity contribution in [3.8, 4) is 0 Å². The highest BCUT2D eigenvalue weighted by molar-refractivity contribution is 7.93. The molecule has 3 aromatic carbocycles. The molecule has 0 aliphatic carbocycles. The van der Waals surface area contributed by atoms with Gasteiger partial charge in [0.1, 0.15) is 6.54 Å². The summed E-state index contributed by atoms with van der Waals surface area (Å²) in [5.41, 5.74) is 0.666. The largest absolute Gasteiger partial charge is 0.451 e. The highest BCUT2D eigenvalue weighted by Gasteiger charge is 2.37. The molecular weight excluding hydrogens is 463 g/mol. The Morgan fingerprint density at radius 2 is 1.81 bits per heavy atom. The van der Waals surface area contributed by atoms with E-state index < -0.39 is 34.5 Å². The molecule has 1 aliphatic rings. The second kappa shape index (κ2) is 8.03. The number of hydrogen-bond donors (Lipinski definition) is 1. The average Bonchev–Trinajstić information content (AvgIpc) is 2.94. The van der Waals surface area contributed by atoms with Gasteiger partial charge in [-0.05, 0) is 42.6 Å². The van der Waals surface area contributed by atoms with Gasteiger partial charge < -0.3 is 10.1 Å². The molecule has 10 heteroatoms. The second-order valence-electron chi connectivity index (χ2n) is 6.89. The van der Waals surface area contributed by atoms with E-state index in [4.69, 9.17) is 27.9 Å². The van der Waals surface area contributed by atoms with Crippen molar-refractivity contribution >= 4 is 67.2 Å². The molecule has 0 aromatic heterocycles. The van der Waals surface area contributed by atoms with E-state index in [0.29, 0.717) is 16.1 Å². The Morgan fingerprint density at radius 1 is 1.10 bits per heavy atom. The molecule has 0 fully saturated rings. The van der Waals surface area contributed by atoms with E-state index in [0.717, 1.165) is 9.69 Å². The smallest absolute Gasteiger partial charge is 0.327 e. The third-order valence-corrected chi connectivity index (χ3v) is 7.18. The van der Waals surface area contributed by atoms with Crippen LogP contribution < -0.4 is 9.62 Å². The topological polar surface area (TPSA) is 92.8 Å². The van der Waals surface area contributed by atoms with Crippen LogP contribution in [-0.2, 0) is 24.3 Å². The monoisotopic (exact) mass is 478 g/mol. The molecule has 0 saturated carbocycles. The van der Waals surface area contributed by atoms with Crippen LogP contribution in [0.3, 0.4) is 0 Å². The fraction of sp³-hybridized carbons (Fsp3) is 0.143. The summed E-state index contributed by atoms with van der Waals surface area (Å²) >= 11 is 11.9. The summed E-state index contributed by atoms with van der Waals surface area (Å²) in [7, 11) is -3.91. The summed E-state index contributed by atoms with van der Waals surface area (Å²) < 4.78 is 32.0. The molecule has 1 unspecified atom stereocenters. The quantitative estimate of drug-likeness (QED) is 0.553. The van der Waals surface area contributed by atoms with Gasteiger partial charge in [-0.25, -0.2) is 8.42 Å². The van der Waals surface area contributed by atoms with E-state index in [-0.39, 0.29) is 15.6 Å². The van der Waals surface area contributed by atoms with E-state index in [1.807, 2.05) is 0 Å². The molecule has 1 heterocycles. The van der Waals surface area contributed by atoms with Crippen molar-refractivity contribution in [2.45, 2.75) is 17.9 Å². The Bertz CT molecular complexity index is 1320. The molecule has 7 nitrogen and oxygen atoms in total. The van der Waals surface area contributed by atoms with Gasteiger partial charge in [0.05, 0.1) is 21.3 Å². The van der Waals surface area contributed by atoms with Crippen LogP contribution >= 0.6 is 23.2 Å². The van der Waals surface area contributed by atoms with Crippen molar-refractivity contribution in [2.24, 2.45) is 0 Å². The standard InChI is InChI=1S/C21H16Cl2N2O5S/c1-12(21(27)24-16-10-14(22)8-9-15(16)23)30-19(26)11-25-17-6-2-4-13-5-3-7-18(20(13)17)31(25,28)29/h2-10,12H,11H2,1H3,(H,24,27). The zero-order valence-corrected chi connectivity index (χ0v) is 18.5. The fourth-order valence-electron chi connectivity index (χ4n) is 3.36. The second-order valence-corrected chi connectivity index (χ2v) is 9.56. The van der Waals surface area contributed by atoms with Crippen molar-refractivity contribution in [1.82, 2.24) is 0 Å². The van der Waals surface area contributed by atoms with Crippen LogP contribution in [0.1, 0.15) is 6.92 Å². The Balaban J connectivity index is 1.48. The molecule has 1 atom stereocenters. The highest BCUT2D eigenvalue weighted by atomic mass is 35.5. The van der Waals surface area contributed by atoms with Crippen LogP contribution in [-0.4, -0.2) is 32.9 Å². The SMILES string of the molecule is CC(OC(=O)CN1c2cccc3cccc(c23)S1(=O)=O)C(=O)Nc1cc(Cl)ccc1Cl. The minimum Gasteiger partial charge on any atom is -0.451 e. The highest BCUT2D eigenvalue weighted by Crippen LogP contribution is 2.41. The number of hydrogen-bond acceptors (Lipinski definition) is 5. The number of amides is 1. The van der Waals surface area contributed by atoms with Crippen LogP contribution in [0.4, 0.5) is 11.4 Å². The number of sulfonamides is 1. The third kappa shape index (κ3) is 3.94. The Kier molecular flexibility index (Phi) is 5.55. The molecule has 0 spiro atoms. The van der Waals surface area contributed by atoms with Crippen molar-refractivity contribution in [2.75, 3.05) is 16.2 Å². The minimum atomic E-state index is -3.91. The van der Waals surface area contributed by atoms with E-state index in [9.17, 15) is 18.0 Å². The van der Waals surface area contributed by atoms with Gasteiger partial charge in [-0.2, -0.15) is 0 Å². The summed E-state index contributed by atoms with van der Waals surface area (Å²) in [4.78, 5) is 25.0. The molecule has 1 aliphatic heterocycles. The van der Waals surface area contributed by atoms with Crippen LogP contribution in [0, 0.1) is 0 Å². The number of carbonyl (C=O) groups excluding carboxylic acids is 2. The predicted molar refractivity (Wildman–Crippen MR) is 119 cm³/mol. The Labute approximate surface area is 188 Å². The maximum Gasteiger partial charge on any atom is 0.327 e. The summed E-state index contributed by atoms with van der Waals surface area (Å²) in [5.74, 6) is -1.50. The zero-order chi connectivity index (χ0) is 22.3. The number of rotatable bonds is 5. The van der Waals surface area contributed by atoms with Crippen molar-refractivity contribution < 1.29 is 22.7 Å². The van der Waals surface area contributed by atoms with Crippen LogP contribution in [0.2, 0.25) is 10.0 Å². The number of benzene rings is 3.